The fraction of sp³-hybridized carbons (Fsp3) is 0.167. The third-order valence-electron chi connectivity index (χ3n) is 2.64. The summed E-state index contributed by atoms with van der Waals surface area (Å²) < 4.78 is 1.80. The highest BCUT2D eigenvalue weighted by atomic mass is 15.3. The van der Waals surface area contributed by atoms with Gasteiger partial charge in [0, 0.05) is 18.1 Å². The maximum absolute atomic E-state index is 8.57. The maximum atomic E-state index is 8.57. The fourth-order valence-electron chi connectivity index (χ4n) is 1.59. The Morgan fingerprint density at radius 2 is 2.11 bits per heavy atom. The van der Waals surface area contributed by atoms with Gasteiger partial charge in [-0.1, -0.05) is 0 Å². The Balaban J connectivity index is 2.37. The Morgan fingerprint density at radius 3 is 2.78 bits per heavy atom. The third-order valence-corrected chi connectivity index (χ3v) is 2.64. The van der Waals surface area contributed by atoms with Crippen LogP contribution < -0.4 is 5.43 Å². The van der Waals surface area contributed by atoms with E-state index in [4.69, 9.17) is 10.5 Å². The van der Waals surface area contributed by atoms with Gasteiger partial charge in [-0.05, 0) is 25.1 Å². The Hall–Kier alpha value is -2.86. The van der Waals surface area contributed by atoms with E-state index in [-0.39, 0.29) is 5.71 Å². The van der Waals surface area contributed by atoms with Gasteiger partial charge in [-0.25, -0.2) is 0 Å². The highest BCUT2D eigenvalue weighted by molar-refractivity contribution is 6.10. The van der Waals surface area contributed by atoms with Gasteiger partial charge in [0.2, 0.25) is 5.71 Å². The predicted octanol–water partition coefficient (Wildman–Crippen LogP) is 1.70. The topological polar surface area (TPSA) is 89.8 Å². The van der Waals surface area contributed by atoms with Crippen LogP contribution in [0.15, 0.2) is 23.3 Å². The smallest absolute Gasteiger partial charge is 0.237 e. The lowest BCUT2D eigenvalue weighted by Gasteiger charge is -1.99. The number of fused-ring (bicyclic) bond motifs is 1. The minimum atomic E-state index is -0.210. The molecule has 0 fully saturated rings. The first-order chi connectivity index (χ1) is 8.65. The van der Waals surface area contributed by atoms with Crippen molar-refractivity contribution in [3.8, 4) is 12.1 Å². The van der Waals surface area contributed by atoms with Gasteiger partial charge in [0.1, 0.15) is 12.1 Å². The molecule has 0 bridgehead atoms. The van der Waals surface area contributed by atoms with Crippen molar-refractivity contribution in [3.05, 3.63) is 23.9 Å². The minimum absolute atomic E-state index is 0.210. The third kappa shape index (κ3) is 2.00. The molecule has 6 heteroatoms. The molecule has 2 aromatic rings. The SMILES string of the molecule is Cc1c2cc(NN=C(C#N)C#N)ccc2nn1C. The van der Waals surface area contributed by atoms with E-state index >= 15 is 0 Å². The number of nitrogens with one attached hydrogen (secondary N) is 1. The standard InChI is InChI=1S/C12H10N6/c1-8-11-5-9(15-16-10(6-13)7-14)3-4-12(11)17-18(8)2/h3-5,15H,1-2H3. The molecule has 0 aliphatic heterocycles. The molecule has 0 amide bonds. The van der Waals surface area contributed by atoms with E-state index in [9.17, 15) is 0 Å². The Kier molecular flexibility index (Phi) is 2.94. The first kappa shape index (κ1) is 11.6. The molecule has 1 aromatic heterocycles. The van der Waals surface area contributed by atoms with Gasteiger partial charge < -0.3 is 0 Å². The van der Waals surface area contributed by atoms with Gasteiger partial charge in [-0.3, -0.25) is 10.1 Å². The van der Waals surface area contributed by atoms with Gasteiger partial charge in [0.15, 0.2) is 0 Å². The molecule has 0 unspecified atom stereocenters. The zero-order chi connectivity index (χ0) is 13.1. The van der Waals surface area contributed by atoms with Crippen LogP contribution in [0.2, 0.25) is 0 Å². The van der Waals surface area contributed by atoms with E-state index in [1.807, 2.05) is 26.1 Å². The normalized spacial score (nSPS) is 9.56. The molecule has 1 N–H and O–H groups in total. The predicted molar refractivity (Wildman–Crippen MR) is 67.7 cm³/mol. The van der Waals surface area contributed by atoms with Crippen LogP contribution in [0.3, 0.4) is 0 Å². The van der Waals surface area contributed by atoms with Gasteiger partial charge in [-0.2, -0.15) is 20.7 Å². The molecule has 88 valence electrons. The van der Waals surface area contributed by atoms with Crippen molar-refractivity contribution < 1.29 is 0 Å². The molecule has 0 saturated carbocycles. The number of hydrogen-bond acceptors (Lipinski definition) is 5. The van der Waals surface area contributed by atoms with Crippen LogP contribution in [0.1, 0.15) is 5.69 Å². The highest BCUT2D eigenvalue weighted by Gasteiger charge is 2.05. The van der Waals surface area contributed by atoms with Crippen LogP contribution in [-0.4, -0.2) is 15.5 Å². The van der Waals surface area contributed by atoms with Crippen LogP contribution in [0, 0.1) is 29.6 Å². The number of aromatic nitrogens is 2. The Labute approximate surface area is 104 Å². The zero-order valence-corrected chi connectivity index (χ0v) is 9.97. The fourth-order valence-corrected chi connectivity index (χ4v) is 1.59. The zero-order valence-electron chi connectivity index (χ0n) is 9.97. The number of hydrazone groups is 1. The van der Waals surface area contributed by atoms with Crippen LogP contribution in [-0.2, 0) is 7.05 Å². The van der Waals surface area contributed by atoms with Crippen LogP contribution in [0.25, 0.3) is 10.9 Å². The molecule has 0 atom stereocenters. The quantitative estimate of drug-likeness (QED) is 0.636. The number of rotatable bonds is 2. The van der Waals surface area contributed by atoms with Gasteiger partial charge >= 0.3 is 0 Å². The van der Waals surface area contributed by atoms with Crippen molar-refractivity contribution in [3.63, 3.8) is 0 Å². The average Bonchev–Trinajstić information content (AvgIpc) is 2.67. The second-order valence-corrected chi connectivity index (χ2v) is 3.74. The second-order valence-electron chi connectivity index (χ2n) is 3.74. The monoisotopic (exact) mass is 238 g/mol. The van der Waals surface area contributed by atoms with Gasteiger partial charge in [-0.15, -0.1) is 0 Å². The molecule has 18 heavy (non-hydrogen) atoms. The molecule has 0 aliphatic rings. The summed E-state index contributed by atoms with van der Waals surface area (Å²) in [4.78, 5) is 0. The summed E-state index contributed by atoms with van der Waals surface area (Å²) in [6.45, 7) is 1.97. The van der Waals surface area contributed by atoms with Crippen molar-refractivity contribution in [2.24, 2.45) is 12.1 Å². The molecule has 0 radical (unpaired) electrons. The van der Waals surface area contributed by atoms with Gasteiger partial charge in [0.25, 0.3) is 0 Å². The van der Waals surface area contributed by atoms with E-state index < -0.39 is 0 Å². The second kappa shape index (κ2) is 4.56. The van der Waals surface area contributed by atoms with E-state index in [0.717, 1.165) is 16.6 Å². The largest absolute Gasteiger partial charge is 0.276 e. The average molecular weight is 238 g/mol. The summed E-state index contributed by atoms with van der Waals surface area (Å²) in [5.41, 5.74) is 5.11. The van der Waals surface area contributed by atoms with Crippen molar-refractivity contribution >= 4 is 22.3 Å². The first-order valence-electron chi connectivity index (χ1n) is 5.23. The summed E-state index contributed by atoms with van der Waals surface area (Å²) in [5, 5.41) is 26.2. The number of anilines is 1. The lowest BCUT2D eigenvalue weighted by Crippen LogP contribution is -1.96. The van der Waals surface area contributed by atoms with E-state index in [2.05, 4.69) is 15.6 Å². The number of benzene rings is 1. The van der Waals surface area contributed by atoms with Crippen molar-refractivity contribution in [2.45, 2.75) is 6.92 Å². The maximum Gasteiger partial charge on any atom is 0.237 e. The van der Waals surface area contributed by atoms with Crippen molar-refractivity contribution in [1.29, 1.82) is 10.5 Å². The minimum Gasteiger partial charge on any atom is -0.276 e. The Morgan fingerprint density at radius 1 is 1.39 bits per heavy atom. The lowest BCUT2D eigenvalue weighted by molar-refractivity contribution is 0.751. The molecule has 0 spiro atoms. The molecule has 6 nitrogen and oxygen atoms in total. The first-order valence-corrected chi connectivity index (χ1v) is 5.23. The molecular formula is C12H10N6. The molecule has 1 heterocycles. The number of aryl methyl sites for hydroxylation is 2. The summed E-state index contributed by atoms with van der Waals surface area (Å²) in [5.74, 6) is 0. The van der Waals surface area contributed by atoms with Crippen LogP contribution in [0.4, 0.5) is 5.69 Å². The summed E-state index contributed by atoms with van der Waals surface area (Å²) in [7, 11) is 1.88. The van der Waals surface area contributed by atoms with Crippen molar-refractivity contribution in [1.82, 2.24) is 9.78 Å². The molecule has 1 aromatic carbocycles. The molecule has 0 saturated heterocycles. The Bertz CT molecular complexity index is 694. The summed E-state index contributed by atoms with van der Waals surface area (Å²) >= 11 is 0. The molecular weight excluding hydrogens is 228 g/mol. The van der Waals surface area contributed by atoms with E-state index in [1.54, 1.807) is 22.9 Å². The van der Waals surface area contributed by atoms with E-state index in [1.165, 1.54) is 0 Å². The van der Waals surface area contributed by atoms with Crippen LogP contribution >= 0.6 is 0 Å². The molecule has 2 rings (SSSR count). The molecule has 0 aliphatic carbocycles. The highest BCUT2D eigenvalue weighted by Crippen LogP contribution is 2.21. The number of hydrogen-bond donors (Lipinski definition) is 1. The summed E-state index contributed by atoms with van der Waals surface area (Å²) in [6.07, 6.45) is 0. The van der Waals surface area contributed by atoms with Gasteiger partial charge in [0.05, 0.1) is 11.2 Å². The summed E-state index contributed by atoms with van der Waals surface area (Å²) in [6, 6.07) is 8.91. The van der Waals surface area contributed by atoms with Crippen molar-refractivity contribution in [2.75, 3.05) is 5.43 Å². The van der Waals surface area contributed by atoms with E-state index in [0.29, 0.717) is 5.69 Å². The number of nitriles is 2. The van der Waals surface area contributed by atoms with Crippen LogP contribution in [0.5, 0.6) is 0 Å². The lowest BCUT2D eigenvalue weighted by atomic mass is 10.2. The number of nitrogens with zero attached hydrogens (tertiary/aromatic N) is 5.